The first-order chi connectivity index (χ1) is 13.8. The molecule has 0 unspecified atom stereocenters. The number of fused-ring (bicyclic) bond motifs is 1. The van der Waals surface area contributed by atoms with Crippen molar-refractivity contribution in [2.75, 3.05) is 13.2 Å². The van der Waals surface area contributed by atoms with Gasteiger partial charge in [0.1, 0.15) is 11.4 Å². The van der Waals surface area contributed by atoms with Gasteiger partial charge in [0.05, 0.1) is 17.4 Å². The van der Waals surface area contributed by atoms with Crippen molar-refractivity contribution in [3.05, 3.63) is 53.5 Å². The van der Waals surface area contributed by atoms with Gasteiger partial charge in [-0.05, 0) is 36.6 Å². The van der Waals surface area contributed by atoms with E-state index in [0.29, 0.717) is 36.0 Å². The minimum Gasteiger partial charge on any atom is -0.406 e. The number of carbonyl (C=O) groups excluding carboxylic acids is 1. The zero-order chi connectivity index (χ0) is 21.0. The number of aromatic nitrogens is 3. The van der Waals surface area contributed by atoms with E-state index in [0.717, 1.165) is 5.56 Å². The Balaban J connectivity index is 1.80. The van der Waals surface area contributed by atoms with E-state index in [-0.39, 0.29) is 24.0 Å². The second-order valence-electron chi connectivity index (χ2n) is 6.40. The van der Waals surface area contributed by atoms with Crippen molar-refractivity contribution in [2.24, 2.45) is 0 Å². The number of benzene rings is 1. The number of hydrogen-bond acceptors (Lipinski definition) is 5. The molecule has 0 fully saturated rings. The zero-order valence-corrected chi connectivity index (χ0v) is 15.5. The number of alkyl halides is 3. The maximum absolute atomic E-state index is 12.4. The molecule has 0 saturated carbocycles. The SMILES string of the molecule is Cc1cc(Cn2cc3c(C(=O)NCCCO)nccc3n2)ccc1OC(F)(F)F. The maximum atomic E-state index is 12.4. The smallest absolute Gasteiger partial charge is 0.406 e. The number of amides is 1. The minimum atomic E-state index is -4.74. The van der Waals surface area contributed by atoms with Crippen LogP contribution in [0, 0.1) is 6.92 Å². The molecule has 7 nitrogen and oxygen atoms in total. The van der Waals surface area contributed by atoms with Crippen LogP contribution in [0.4, 0.5) is 13.2 Å². The van der Waals surface area contributed by atoms with E-state index in [1.165, 1.54) is 25.3 Å². The van der Waals surface area contributed by atoms with E-state index in [9.17, 15) is 18.0 Å². The van der Waals surface area contributed by atoms with Crippen molar-refractivity contribution >= 4 is 16.8 Å². The third kappa shape index (κ3) is 5.23. The maximum Gasteiger partial charge on any atom is 0.573 e. The second kappa shape index (κ2) is 8.48. The van der Waals surface area contributed by atoms with Crippen LogP contribution in [-0.2, 0) is 6.54 Å². The highest BCUT2D eigenvalue weighted by Gasteiger charge is 2.31. The highest BCUT2D eigenvalue weighted by atomic mass is 19.4. The van der Waals surface area contributed by atoms with Gasteiger partial charge in [-0.25, -0.2) is 0 Å². The molecular formula is C19H19F3N4O3. The van der Waals surface area contributed by atoms with E-state index < -0.39 is 6.36 Å². The zero-order valence-electron chi connectivity index (χ0n) is 15.5. The van der Waals surface area contributed by atoms with Gasteiger partial charge in [-0.3, -0.25) is 14.5 Å². The fourth-order valence-electron chi connectivity index (χ4n) is 2.86. The quantitative estimate of drug-likeness (QED) is 0.587. The number of ether oxygens (including phenoxy) is 1. The third-order valence-corrected chi connectivity index (χ3v) is 4.13. The molecule has 0 aliphatic carbocycles. The summed E-state index contributed by atoms with van der Waals surface area (Å²) in [6.07, 6.45) is -1.16. The first-order valence-corrected chi connectivity index (χ1v) is 8.83. The lowest BCUT2D eigenvalue weighted by atomic mass is 10.1. The first-order valence-electron chi connectivity index (χ1n) is 8.83. The molecule has 10 heteroatoms. The molecule has 2 aromatic heterocycles. The van der Waals surface area contributed by atoms with Crippen LogP contribution in [-0.4, -0.2) is 45.3 Å². The second-order valence-corrected chi connectivity index (χ2v) is 6.40. The Kier molecular flexibility index (Phi) is 6.02. The monoisotopic (exact) mass is 408 g/mol. The summed E-state index contributed by atoms with van der Waals surface area (Å²) in [6, 6.07) is 6.06. The van der Waals surface area contributed by atoms with Gasteiger partial charge in [0.2, 0.25) is 0 Å². The largest absolute Gasteiger partial charge is 0.573 e. The molecule has 2 heterocycles. The van der Waals surface area contributed by atoms with E-state index in [4.69, 9.17) is 5.11 Å². The number of nitrogens with zero attached hydrogens (tertiary/aromatic N) is 3. The summed E-state index contributed by atoms with van der Waals surface area (Å²) in [5, 5.41) is 16.5. The Bertz CT molecular complexity index is 1020. The molecule has 2 N–H and O–H groups in total. The number of aliphatic hydroxyl groups excluding tert-OH is 1. The van der Waals surface area contributed by atoms with Crippen LogP contribution in [0.5, 0.6) is 5.75 Å². The molecule has 0 spiro atoms. The van der Waals surface area contributed by atoms with E-state index >= 15 is 0 Å². The van der Waals surface area contributed by atoms with Crippen molar-refractivity contribution < 1.29 is 27.8 Å². The summed E-state index contributed by atoms with van der Waals surface area (Å²) in [5.41, 5.74) is 1.87. The summed E-state index contributed by atoms with van der Waals surface area (Å²) in [4.78, 5) is 16.4. The van der Waals surface area contributed by atoms with Crippen LogP contribution in [0.15, 0.2) is 36.7 Å². The normalized spacial score (nSPS) is 11.6. The summed E-state index contributed by atoms with van der Waals surface area (Å²) in [6.45, 7) is 2.13. The van der Waals surface area contributed by atoms with Crippen molar-refractivity contribution in [2.45, 2.75) is 26.3 Å². The summed E-state index contributed by atoms with van der Waals surface area (Å²) < 4.78 is 42.8. The molecule has 3 rings (SSSR count). The van der Waals surface area contributed by atoms with Gasteiger partial charge >= 0.3 is 6.36 Å². The Labute approximate surface area is 164 Å². The van der Waals surface area contributed by atoms with Crippen molar-refractivity contribution in [1.29, 1.82) is 0 Å². The lowest BCUT2D eigenvalue weighted by Crippen LogP contribution is -2.26. The Morgan fingerprint density at radius 2 is 2.10 bits per heavy atom. The van der Waals surface area contributed by atoms with E-state index in [1.807, 2.05) is 0 Å². The molecule has 0 bridgehead atoms. The Morgan fingerprint density at radius 1 is 1.31 bits per heavy atom. The summed E-state index contributed by atoms with van der Waals surface area (Å²) in [7, 11) is 0. The number of carbonyl (C=O) groups is 1. The molecule has 29 heavy (non-hydrogen) atoms. The van der Waals surface area contributed by atoms with Gasteiger partial charge in [-0.1, -0.05) is 12.1 Å². The van der Waals surface area contributed by atoms with Crippen molar-refractivity contribution in [3.63, 3.8) is 0 Å². The van der Waals surface area contributed by atoms with Crippen molar-refractivity contribution in [3.8, 4) is 5.75 Å². The average molecular weight is 408 g/mol. The molecule has 0 saturated heterocycles. The van der Waals surface area contributed by atoms with Crippen LogP contribution < -0.4 is 10.1 Å². The topological polar surface area (TPSA) is 89.3 Å². The van der Waals surface area contributed by atoms with Crippen LogP contribution in [0.25, 0.3) is 10.9 Å². The van der Waals surface area contributed by atoms with Gasteiger partial charge < -0.3 is 15.2 Å². The molecule has 1 aromatic carbocycles. The fourth-order valence-corrected chi connectivity index (χ4v) is 2.86. The molecule has 154 valence electrons. The minimum absolute atomic E-state index is 0.0257. The van der Waals surface area contributed by atoms with Gasteiger partial charge in [0.25, 0.3) is 5.91 Å². The fraction of sp³-hybridized carbons (Fsp3) is 0.316. The predicted octanol–water partition coefficient (Wildman–Crippen LogP) is 2.80. The molecule has 0 aliphatic rings. The first kappa shape index (κ1) is 20.6. The number of hydrogen-bond donors (Lipinski definition) is 2. The van der Waals surface area contributed by atoms with Crippen LogP contribution in [0.2, 0.25) is 0 Å². The van der Waals surface area contributed by atoms with Crippen molar-refractivity contribution in [1.82, 2.24) is 20.1 Å². The predicted molar refractivity (Wildman–Crippen MR) is 98.5 cm³/mol. The number of pyridine rings is 1. The van der Waals surface area contributed by atoms with Gasteiger partial charge in [0.15, 0.2) is 0 Å². The van der Waals surface area contributed by atoms with Crippen LogP contribution in [0.3, 0.4) is 0 Å². The molecule has 1 amide bonds. The number of halogens is 3. The molecule has 0 radical (unpaired) electrons. The Hall–Kier alpha value is -3.14. The van der Waals surface area contributed by atoms with Crippen LogP contribution in [0.1, 0.15) is 28.0 Å². The molecule has 3 aromatic rings. The summed E-state index contributed by atoms with van der Waals surface area (Å²) in [5.74, 6) is -0.619. The highest BCUT2D eigenvalue weighted by Crippen LogP contribution is 2.27. The van der Waals surface area contributed by atoms with E-state index in [2.05, 4.69) is 20.1 Å². The third-order valence-electron chi connectivity index (χ3n) is 4.13. The average Bonchev–Trinajstić information content (AvgIpc) is 3.05. The standard InChI is InChI=1S/C19H19F3N4O3/c1-12-9-13(3-4-16(12)29-19(20,21)22)10-26-11-14-15(25-26)5-7-23-17(14)18(28)24-6-2-8-27/h3-5,7,9,11,27H,2,6,8,10H2,1H3,(H,24,28). The number of aryl methyl sites for hydroxylation is 1. The summed E-state index contributed by atoms with van der Waals surface area (Å²) >= 11 is 0. The molecule has 0 atom stereocenters. The van der Waals surface area contributed by atoms with Gasteiger partial charge in [-0.15, -0.1) is 13.2 Å². The lowest BCUT2D eigenvalue weighted by molar-refractivity contribution is -0.274. The van der Waals surface area contributed by atoms with Crippen LogP contribution >= 0.6 is 0 Å². The van der Waals surface area contributed by atoms with E-state index in [1.54, 1.807) is 23.0 Å². The molecule has 0 aliphatic heterocycles. The van der Waals surface area contributed by atoms with Gasteiger partial charge in [0, 0.05) is 25.5 Å². The highest BCUT2D eigenvalue weighted by molar-refractivity contribution is 6.04. The van der Waals surface area contributed by atoms with Gasteiger partial charge in [-0.2, -0.15) is 5.10 Å². The number of nitrogens with one attached hydrogen (secondary N) is 1. The Morgan fingerprint density at radius 3 is 2.79 bits per heavy atom. The lowest BCUT2D eigenvalue weighted by Gasteiger charge is -2.12. The molecular weight excluding hydrogens is 389 g/mol. The number of rotatable bonds is 7. The number of aliphatic hydroxyl groups is 1.